The Morgan fingerprint density at radius 1 is 0.296 bits per heavy atom. The highest BCUT2D eigenvalue weighted by molar-refractivity contribution is 5.71. The van der Waals surface area contributed by atoms with E-state index in [0.29, 0.717) is 19.3 Å². The molecule has 0 aromatic heterocycles. The molecule has 0 saturated carbocycles. The summed E-state index contributed by atoms with van der Waals surface area (Å²) in [7, 11) is 0. The molecule has 0 radical (unpaired) electrons. The lowest BCUT2D eigenvalue weighted by Crippen LogP contribution is -2.30. The number of hydrogen-bond acceptors (Lipinski definition) is 6. The summed E-state index contributed by atoms with van der Waals surface area (Å²) in [5.41, 5.74) is 0. The molecule has 6 nitrogen and oxygen atoms in total. The molecule has 1 atom stereocenters. The Labute approximate surface area is 436 Å². The van der Waals surface area contributed by atoms with Gasteiger partial charge in [0.05, 0.1) is 0 Å². The van der Waals surface area contributed by atoms with Crippen LogP contribution in [0.2, 0.25) is 0 Å². The van der Waals surface area contributed by atoms with Gasteiger partial charge in [-0.1, -0.05) is 224 Å². The maximum absolute atomic E-state index is 12.9. The number of allylic oxidation sites excluding steroid dienone is 24. The van der Waals surface area contributed by atoms with Crippen molar-refractivity contribution in [2.45, 2.75) is 232 Å². The average Bonchev–Trinajstić information content (AvgIpc) is 3.37. The number of carbonyl (C=O) groups is 3. The van der Waals surface area contributed by atoms with Crippen molar-refractivity contribution in [2.75, 3.05) is 13.2 Å². The monoisotopic (exact) mass is 979 g/mol. The van der Waals surface area contributed by atoms with Gasteiger partial charge in [0, 0.05) is 19.3 Å². The van der Waals surface area contributed by atoms with Crippen LogP contribution in [0.3, 0.4) is 0 Å². The minimum atomic E-state index is -0.830. The average molecular weight is 980 g/mol. The minimum absolute atomic E-state index is 0.123. The highest BCUT2D eigenvalue weighted by Gasteiger charge is 2.19. The summed E-state index contributed by atoms with van der Waals surface area (Å²) < 4.78 is 16.8. The fourth-order valence-corrected chi connectivity index (χ4v) is 7.13. The maximum atomic E-state index is 12.9. The summed E-state index contributed by atoms with van der Waals surface area (Å²) >= 11 is 0. The van der Waals surface area contributed by atoms with Crippen LogP contribution in [0.5, 0.6) is 0 Å². The van der Waals surface area contributed by atoms with E-state index in [0.717, 1.165) is 135 Å². The van der Waals surface area contributed by atoms with Crippen molar-refractivity contribution in [3.05, 3.63) is 146 Å². The molecule has 0 aromatic rings. The maximum Gasteiger partial charge on any atom is 0.306 e. The highest BCUT2D eigenvalue weighted by atomic mass is 16.6. The fraction of sp³-hybridized carbons (Fsp3) is 0.585. The molecule has 0 unspecified atom stereocenters. The molecule has 0 bridgehead atoms. The second-order valence-corrected chi connectivity index (χ2v) is 18.1. The van der Waals surface area contributed by atoms with Crippen molar-refractivity contribution < 1.29 is 28.6 Å². The van der Waals surface area contributed by atoms with Gasteiger partial charge in [0.25, 0.3) is 0 Å². The number of carbonyl (C=O) groups excluding carboxylic acids is 3. The van der Waals surface area contributed by atoms with Crippen LogP contribution in [0.15, 0.2) is 146 Å². The van der Waals surface area contributed by atoms with Crippen LogP contribution >= 0.6 is 0 Å². The van der Waals surface area contributed by atoms with E-state index in [1.165, 1.54) is 44.9 Å². The first-order valence-electron chi connectivity index (χ1n) is 28.3. The molecule has 0 spiro atoms. The number of rotatable bonds is 49. The number of esters is 3. The second kappa shape index (κ2) is 57.9. The van der Waals surface area contributed by atoms with Crippen molar-refractivity contribution >= 4 is 17.9 Å². The zero-order valence-electron chi connectivity index (χ0n) is 45.4. The van der Waals surface area contributed by atoms with Gasteiger partial charge >= 0.3 is 17.9 Å². The third-order valence-electron chi connectivity index (χ3n) is 11.3. The van der Waals surface area contributed by atoms with Gasteiger partial charge in [-0.15, -0.1) is 0 Å². The first-order valence-corrected chi connectivity index (χ1v) is 28.3. The molecular formula is C65H102O6. The molecule has 0 aliphatic heterocycles. The molecule has 0 aromatic carbocycles. The smallest absolute Gasteiger partial charge is 0.306 e. The van der Waals surface area contributed by atoms with Gasteiger partial charge in [-0.3, -0.25) is 14.4 Å². The van der Waals surface area contributed by atoms with E-state index in [2.05, 4.69) is 154 Å². The Kier molecular flexibility index (Phi) is 54.0. The summed E-state index contributed by atoms with van der Waals surface area (Å²) in [5, 5.41) is 0. The van der Waals surface area contributed by atoms with Crippen molar-refractivity contribution in [1.29, 1.82) is 0 Å². The zero-order chi connectivity index (χ0) is 51.4. The third kappa shape index (κ3) is 56.1. The quantitative estimate of drug-likeness (QED) is 0.0262. The Hall–Kier alpha value is -4.71. The van der Waals surface area contributed by atoms with Crippen molar-refractivity contribution in [3.8, 4) is 0 Å². The van der Waals surface area contributed by atoms with Crippen molar-refractivity contribution in [3.63, 3.8) is 0 Å². The van der Waals surface area contributed by atoms with Crippen LogP contribution < -0.4 is 0 Å². The summed E-state index contributed by atoms with van der Waals surface area (Å²) in [5.74, 6) is -1.05. The van der Waals surface area contributed by atoms with Crippen LogP contribution in [0.1, 0.15) is 226 Å². The number of ether oxygens (including phenoxy) is 3. The molecule has 6 heteroatoms. The molecule has 0 amide bonds. The topological polar surface area (TPSA) is 78.9 Å². The molecule has 0 fully saturated rings. The van der Waals surface area contributed by atoms with Crippen LogP contribution in [-0.4, -0.2) is 37.2 Å². The van der Waals surface area contributed by atoms with E-state index in [4.69, 9.17) is 14.2 Å². The first-order chi connectivity index (χ1) is 35.0. The minimum Gasteiger partial charge on any atom is -0.462 e. The van der Waals surface area contributed by atoms with Gasteiger partial charge in [-0.25, -0.2) is 0 Å². The standard InChI is InChI=1S/C65H102O6/c1-4-7-10-13-16-19-22-25-28-31-32-35-37-40-43-46-49-52-55-58-64(67)70-61-62(71-65(68)59-56-53-50-47-44-41-38-34-30-27-24-21-18-15-12-9-6-3)60-69-63(66)57-54-51-48-45-42-39-36-33-29-26-23-20-17-14-11-8-5-2/h7-8,10-11,16-21,25-30,32,35-36,39-40,43,49,52,62H,4-6,9,12-15,22-24,31,33-34,37-38,41-42,44-48,50-51,53-61H2,1-3H3/b10-7-,11-8-,19-16-,20-17-,21-18-,28-25-,29-26-,30-27-,35-32-,39-36-,43-40-,52-49-/t62-/m0/s1. The molecule has 398 valence electrons. The van der Waals surface area contributed by atoms with Crippen LogP contribution in [0.25, 0.3) is 0 Å². The number of hydrogen-bond donors (Lipinski definition) is 0. The SMILES string of the molecule is CC/C=C\C/C=C\C/C=C\C/C=C\C/C=C\C/C=C\CCC(=O)OC[C@H](COC(=O)CCCCCC/C=C\C/C=C\C/C=C\C/C=C\CC)OC(=O)CCCCCCCCC/C=C\C/C=C\CCCCC. The predicted octanol–water partition coefficient (Wildman–Crippen LogP) is 19.2. The van der Waals surface area contributed by atoms with E-state index in [9.17, 15) is 14.4 Å². The van der Waals surface area contributed by atoms with Gasteiger partial charge in [0.15, 0.2) is 6.10 Å². The molecule has 0 rings (SSSR count). The summed E-state index contributed by atoms with van der Waals surface area (Å²) in [6, 6.07) is 0. The summed E-state index contributed by atoms with van der Waals surface area (Å²) in [6.45, 7) is 6.28. The van der Waals surface area contributed by atoms with Gasteiger partial charge in [-0.05, 0) is 128 Å². The molecule has 71 heavy (non-hydrogen) atoms. The van der Waals surface area contributed by atoms with Crippen molar-refractivity contribution in [2.24, 2.45) is 0 Å². The van der Waals surface area contributed by atoms with Crippen molar-refractivity contribution in [1.82, 2.24) is 0 Å². The Morgan fingerprint density at radius 3 is 0.944 bits per heavy atom. The lowest BCUT2D eigenvalue weighted by Gasteiger charge is -2.18. The van der Waals surface area contributed by atoms with E-state index >= 15 is 0 Å². The van der Waals surface area contributed by atoms with Gasteiger partial charge in [0.2, 0.25) is 0 Å². The molecular weight excluding hydrogens is 877 g/mol. The Morgan fingerprint density at radius 2 is 0.577 bits per heavy atom. The van der Waals surface area contributed by atoms with Crippen LogP contribution in [-0.2, 0) is 28.6 Å². The molecule has 0 heterocycles. The second-order valence-electron chi connectivity index (χ2n) is 18.1. The van der Waals surface area contributed by atoms with Gasteiger partial charge in [0.1, 0.15) is 13.2 Å². The van der Waals surface area contributed by atoms with Crippen LogP contribution in [0.4, 0.5) is 0 Å². The van der Waals surface area contributed by atoms with Crippen LogP contribution in [0, 0.1) is 0 Å². The van der Waals surface area contributed by atoms with E-state index in [1.54, 1.807) is 0 Å². The fourth-order valence-electron chi connectivity index (χ4n) is 7.13. The summed E-state index contributed by atoms with van der Waals surface area (Å²) in [6.07, 6.45) is 82.7. The first kappa shape index (κ1) is 66.3. The van der Waals surface area contributed by atoms with E-state index in [-0.39, 0.29) is 37.5 Å². The number of unbranched alkanes of at least 4 members (excludes halogenated alkanes) is 14. The molecule has 0 N–H and O–H groups in total. The molecule has 0 aliphatic rings. The Balaban J connectivity index is 4.59. The third-order valence-corrected chi connectivity index (χ3v) is 11.3. The molecule has 0 saturated heterocycles. The Bertz CT molecular complexity index is 1590. The lowest BCUT2D eigenvalue weighted by molar-refractivity contribution is -0.166. The predicted molar refractivity (Wildman–Crippen MR) is 306 cm³/mol. The zero-order valence-corrected chi connectivity index (χ0v) is 45.4. The van der Waals surface area contributed by atoms with Gasteiger partial charge < -0.3 is 14.2 Å². The van der Waals surface area contributed by atoms with E-state index < -0.39 is 6.10 Å². The largest absolute Gasteiger partial charge is 0.462 e. The van der Waals surface area contributed by atoms with Gasteiger partial charge in [-0.2, -0.15) is 0 Å². The van der Waals surface area contributed by atoms with E-state index in [1.807, 2.05) is 12.2 Å². The summed E-state index contributed by atoms with van der Waals surface area (Å²) in [4.78, 5) is 38.1. The normalized spacial score (nSPS) is 13.2. The lowest BCUT2D eigenvalue weighted by atomic mass is 10.1. The molecule has 0 aliphatic carbocycles. The highest BCUT2D eigenvalue weighted by Crippen LogP contribution is 2.13.